The Morgan fingerprint density at radius 3 is 2.53 bits per heavy atom. The van der Waals surface area contributed by atoms with E-state index in [1.165, 1.54) is 24.3 Å². The van der Waals surface area contributed by atoms with Gasteiger partial charge in [-0.1, -0.05) is 0 Å². The number of amides is 1. The lowest BCUT2D eigenvalue weighted by atomic mass is 10.2. The van der Waals surface area contributed by atoms with Gasteiger partial charge in [-0.05, 0) is 30.6 Å². The summed E-state index contributed by atoms with van der Waals surface area (Å²) >= 11 is 0.994. The van der Waals surface area contributed by atoms with Gasteiger partial charge in [0.2, 0.25) is 0 Å². The number of aromatic carboxylic acids is 1. The maximum atomic E-state index is 12.2. The van der Waals surface area contributed by atoms with Crippen LogP contribution in [0.15, 0.2) is 24.5 Å². The maximum Gasteiger partial charge on any atom is 0.340 e. The highest BCUT2D eigenvalue weighted by Gasteiger charge is 2.24. The molecule has 98 valence electrons. The third-order valence-corrected chi connectivity index (χ3v) is 3.61. The number of hydrogen-bond donors (Lipinski definition) is 1. The van der Waals surface area contributed by atoms with Gasteiger partial charge >= 0.3 is 5.97 Å². The average Bonchev–Trinajstić information content (AvgIpc) is 2.80. The summed E-state index contributed by atoms with van der Waals surface area (Å²) < 4.78 is 3.99. The highest BCUT2D eigenvalue weighted by atomic mass is 32.1. The molecule has 0 aliphatic rings. The van der Waals surface area contributed by atoms with Gasteiger partial charge in [-0.3, -0.25) is 9.78 Å². The van der Waals surface area contributed by atoms with Gasteiger partial charge in [0.15, 0.2) is 0 Å². The largest absolute Gasteiger partial charge is 0.478 e. The van der Waals surface area contributed by atoms with E-state index in [2.05, 4.69) is 9.36 Å². The van der Waals surface area contributed by atoms with E-state index in [4.69, 9.17) is 5.11 Å². The summed E-state index contributed by atoms with van der Waals surface area (Å²) in [6.45, 7) is 1.61. The van der Waals surface area contributed by atoms with E-state index >= 15 is 0 Å². The summed E-state index contributed by atoms with van der Waals surface area (Å²) in [7, 11) is 1.53. The summed E-state index contributed by atoms with van der Waals surface area (Å²) in [5.41, 5.74) is 0.914. The Kier molecular flexibility index (Phi) is 3.57. The van der Waals surface area contributed by atoms with Crippen LogP contribution in [0.2, 0.25) is 0 Å². The van der Waals surface area contributed by atoms with Crippen LogP contribution in [0, 0.1) is 6.92 Å². The van der Waals surface area contributed by atoms with Crippen LogP contribution in [-0.4, -0.2) is 33.4 Å². The Bertz CT molecular complexity index is 624. The van der Waals surface area contributed by atoms with E-state index in [0.29, 0.717) is 16.3 Å². The predicted molar refractivity (Wildman–Crippen MR) is 70.8 cm³/mol. The van der Waals surface area contributed by atoms with E-state index in [-0.39, 0.29) is 11.5 Å². The zero-order valence-electron chi connectivity index (χ0n) is 10.3. The number of aromatic nitrogens is 2. The molecule has 0 aliphatic carbocycles. The average molecular weight is 277 g/mol. The minimum absolute atomic E-state index is 0.0647. The number of pyridine rings is 1. The summed E-state index contributed by atoms with van der Waals surface area (Å²) in [5.74, 6) is -1.39. The molecule has 0 fully saturated rings. The molecule has 1 amide bonds. The second-order valence-electron chi connectivity index (χ2n) is 3.85. The number of aryl methyl sites for hydroxylation is 1. The van der Waals surface area contributed by atoms with Crippen molar-refractivity contribution in [1.82, 2.24) is 9.36 Å². The second kappa shape index (κ2) is 5.15. The van der Waals surface area contributed by atoms with Gasteiger partial charge in [0.05, 0.1) is 5.69 Å². The first-order valence-corrected chi connectivity index (χ1v) is 6.17. The van der Waals surface area contributed by atoms with Crippen molar-refractivity contribution in [3.63, 3.8) is 0 Å². The Balaban J connectivity index is 2.38. The topological polar surface area (TPSA) is 83.4 Å². The molecule has 7 heteroatoms. The number of carbonyl (C=O) groups excluding carboxylic acids is 1. The minimum atomic E-state index is -1.09. The van der Waals surface area contributed by atoms with E-state index in [9.17, 15) is 9.59 Å². The highest BCUT2D eigenvalue weighted by Crippen LogP contribution is 2.28. The molecule has 0 unspecified atom stereocenters. The first-order valence-electron chi connectivity index (χ1n) is 5.40. The van der Waals surface area contributed by atoms with Gasteiger partial charge in [0, 0.05) is 25.0 Å². The van der Waals surface area contributed by atoms with Gasteiger partial charge in [0.25, 0.3) is 5.91 Å². The molecule has 2 heterocycles. The van der Waals surface area contributed by atoms with E-state index in [1.54, 1.807) is 19.1 Å². The van der Waals surface area contributed by atoms with Gasteiger partial charge in [-0.2, -0.15) is 4.37 Å². The number of carboxylic acids is 1. The molecule has 0 bridgehead atoms. The van der Waals surface area contributed by atoms with Crippen LogP contribution in [0.1, 0.15) is 26.4 Å². The standard InChI is InChI=1S/C12H11N3O3S/c1-7-9(12(17)18)11(19-14-7)15(2)10(16)8-3-5-13-6-4-8/h3-6H,1-2H3,(H,17,18). The lowest BCUT2D eigenvalue weighted by molar-refractivity contribution is 0.0697. The Morgan fingerprint density at radius 1 is 1.32 bits per heavy atom. The fourth-order valence-electron chi connectivity index (χ4n) is 1.61. The maximum absolute atomic E-state index is 12.2. The lowest BCUT2D eigenvalue weighted by Crippen LogP contribution is -2.26. The predicted octanol–water partition coefficient (Wildman–Crippen LogP) is 1.82. The zero-order valence-corrected chi connectivity index (χ0v) is 11.1. The van der Waals surface area contributed by atoms with Crippen molar-refractivity contribution in [1.29, 1.82) is 0 Å². The number of hydrogen-bond acceptors (Lipinski definition) is 5. The van der Waals surface area contributed by atoms with Crippen LogP contribution in [0.4, 0.5) is 5.00 Å². The third-order valence-electron chi connectivity index (χ3n) is 2.60. The SMILES string of the molecule is Cc1nsc(N(C)C(=O)c2ccncc2)c1C(=O)O. The molecular weight excluding hydrogens is 266 g/mol. The molecule has 0 spiro atoms. The summed E-state index contributed by atoms with van der Waals surface area (Å²) in [5, 5.41) is 9.48. The monoisotopic (exact) mass is 277 g/mol. The van der Waals surface area contributed by atoms with Crippen LogP contribution >= 0.6 is 11.5 Å². The number of nitrogens with zero attached hydrogens (tertiary/aromatic N) is 3. The molecule has 2 aromatic heterocycles. The number of rotatable bonds is 3. The van der Waals surface area contributed by atoms with Crippen molar-refractivity contribution in [3.8, 4) is 0 Å². The van der Waals surface area contributed by atoms with Crippen molar-refractivity contribution >= 4 is 28.4 Å². The first-order chi connectivity index (χ1) is 9.02. The Morgan fingerprint density at radius 2 is 1.95 bits per heavy atom. The van der Waals surface area contributed by atoms with Crippen molar-refractivity contribution in [2.45, 2.75) is 6.92 Å². The van der Waals surface area contributed by atoms with Crippen molar-refractivity contribution in [2.75, 3.05) is 11.9 Å². The van der Waals surface area contributed by atoms with E-state index in [1.807, 2.05) is 0 Å². The molecule has 0 saturated carbocycles. The summed E-state index contributed by atoms with van der Waals surface area (Å²) in [6.07, 6.45) is 3.02. The number of anilines is 1. The van der Waals surface area contributed by atoms with Crippen LogP contribution in [0.25, 0.3) is 0 Å². The van der Waals surface area contributed by atoms with E-state index in [0.717, 1.165) is 11.5 Å². The van der Waals surface area contributed by atoms with Gasteiger partial charge < -0.3 is 10.0 Å². The quantitative estimate of drug-likeness (QED) is 0.925. The van der Waals surface area contributed by atoms with Crippen LogP contribution in [0.5, 0.6) is 0 Å². The number of carboxylic acid groups (broad SMARTS) is 1. The van der Waals surface area contributed by atoms with Gasteiger partial charge in [0.1, 0.15) is 10.6 Å². The summed E-state index contributed by atoms with van der Waals surface area (Å²) in [6, 6.07) is 3.15. The van der Waals surface area contributed by atoms with Crippen molar-refractivity contribution in [3.05, 3.63) is 41.3 Å². The van der Waals surface area contributed by atoms with Crippen LogP contribution in [0.3, 0.4) is 0 Å². The number of carbonyl (C=O) groups is 2. The molecule has 0 atom stereocenters. The van der Waals surface area contributed by atoms with Gasteiger partial charge in [-0.15, -0.1) is 0 Å². The fraction of sp³-hybridized carbons (Fsp3) is 0.167. The lowest BCUT2D eigenvalue weighted by Gasteiger charge is -2.15. The molecule has 0 aliphatic heterocycles. The molecule has 0 saturated heterocycles. The molecule has 6 nitrogen and oxygen atoms in total. The first kappa shape index (κ1) is 13.2. The molecule has 0 radical (unpaired) electrons. The zero-order chi connectivity index (χ0) is 14.0. The second-order valence-corrected chi connectivity index (χ2v) is 4.61. The molecule has 2 rings (SSSR count). The molecule has 1 N–H and O–H groups in total. The smallest absolute Gasteiger partial charge is 0.340 e. The minimum Gasteiger partial charge on any atom is -0.478 e. The molecule has 19 heavy (non-hydrogen) atoms. The fourth-order valence-corrected chi connectivity index (χ4v) is 2.46. The molecule has 0 aromatic carbocycles. The highest BCUT2D eigenvalue weighted by molar-refractivity contribution is 7.11. The van der Waals surface area contributed by atoms with Crippen molar-refractivity contribution < 1.29 is 14.7 Å². The van der Waals surface area contributed by atoms with Crippen LogP contribution in [-0.2, 0) is 0 Å². The third kappa shape index (κ3) is 2.45. The van der Waals surface area contributed by atoms with Gasteiger partial charge in [-0.25, -0.2) is 4.79 Å². The molecule has 2 aromatic rings. The summed E-state index contributed by atoms with van der Waals surface area (Å²) in [4.78, 5) is 28.5. The van der Waals surface area contributed by atoms with Crippen molar-refractivity contribution in [2.24, 2.45) is 0 Å². The molecular formula is C12H11N3O3S. The Hall–Kier alpha value is -2.28. The normalized spacial score (nSPS) is 10.2. The van der Waals surface area contributed by atoms with Crippen LogP contribution < -0.4 is 4.90 Å². The Labute approximate surface area is 113 Å². The van der Waals surface area contributed by atoms with E-state index < -0.39 is 5.97 Å².